The van der Waals surface area contributed by atoms with Crippen LogP contribution in [0.3, 0.4) is 0 Å². The monoisotopic (exact) mass is 498 g/mol. The molecule has 5 nitrogen and oxygen atoms in total. The Bertz CT molecular complexity index is 970. The molecule has 2 rings (SSSR count). The van der Waals surface area contributed by atoms with Crippen molar-refractivity contribution in [3.8, 4) is 0 Å². The van der Waals surface area contributed by atoms with E-state index in [1.54, 1.807) is 12.1 Å². The molecule has 29 heavy (non-hydrogen) atoms. The fraction of sp³-hybridized carbons (Fsp3) is 0.278. The highest BCUT2D eigenvalue weighted by molar-refractivity contribution is 7.98. The molecule has 0 aliphatic carbocycles. The number of thioether (sulfide) groups is 1. The van der Waals surface area contributed by atoms with Crippen molar-refractivity contribution in [2.75, 3.05) is 29.4 Å². The highest BCUT2D eigenvalue weighted by Gasteiger charge is 2.23. The molecule has 0 aromatic heterocycles. The Morgan fingerprint density at radius 1 is 1.14 bits per heavy atom. The zero-order valence-electron chi connectivity index (χ0n) is 15.3. The van der Waals surface area contributed by atoms with E-state index in [0.29, 0.717) is 22.1 Å². The predicted molar refractivity (Wildman–Crippen MR) is 119 cm³/mol. The van der Waals surface area contributed by atoms with E-state index in [-0.39, 0.29) is 28.1 Å². The van der Waals surface area contributed by atoms with Gasteiger partial charge in [-0.05, 0) is 24.3 Å². The molecule has 0 unspecified atom stereocenters. The third-order valence-corrected chi connectivity index (χ3v) is 7.04. The molecule has 0 aliphatic heterocycles. The number of rotatable bonds is 9. The number of carbonyl (C=O) groups is 1. The smallest absolute Gasteiger partial charge is 0.240 e. The first-order valence-corrected chi connectivity index (χ1v) is 12.4. The summed E-state index contributed by atoms with van der Waals surface area (Å²) in [4.78, 5) is 12.2. The number of hydrogen-bond acceptors (Lipinski definition) is 4. The second-order valence-electron chi connectivity index (χ2n) is 5.95. The lowest BCUT2D eigenvalue weighted by atomic mass is 10.2. The lowest BCUT2D eigenvalue weighted by Gasteiger charge is -2.23. The van der Waals surface area contributed by atoms with Crippen LogP contribution < -0.4 is 9.62 Å². The van der Waals surface area contributed by atoms with Gasteiger partial charge in [0.05, 0.1) is 22.0 Å². The minimum absolute atomic E-state index is 0.0460. The van der Waals surface area contributed by atoms with Gasteiger partial charge in [-0.15, -0.1) is 0 Å². The van der Waals surface area contributed by atoms with Crippen molar-refractivity contribution in [2.24, 2.45) is 0 Å². The van der Waals surface area contributed by atoms with Gasteiger partial charge >= 0.3 is 0 Å². The van der Waals surface area contributed by atoms with Gasteiger partial charge in [0.2, 0.25) is 15.9 Å². The SMILES string of the molecule is CS(=O)(=O)N(CC(=O)NCCSCc1c(F)cccc1Cl)c1cccc(Cl)c1Cl. The van der Waals surface area contributed by atoms with E-state index in [9.17, 15) is 17.6 Å². The van der Waals surface area contributed by atoms with Crippen LogP contribution in [-0.2, 0) is 20.6 Å². The van der Waals surface area contributed by atoms with Gasteiger partial charge in [-0.25, -0.2) is 12.8 Å². The van der Waals surface area contributed by atoms with Gasteiger partial charge < -0.3 is 5.32 Å². The molecule has 0 saturated heterocycles. The molecule has 0 aliphatic rings. The fourth-order valence-corrected chi connectivity index (χ4v) is 4.87. The predicted octanol–water partition coefficient (Wildman–Crippen LogP) is 4.60. The number of nitrogens with zero attached hydrogens (tertiary/aromatic N) is 1. The molecule has 2 aromatic carbocycles. The number of anilines is 1. The van der Waals surface area contributed by atoms with Crippen molar-refractivity contribution in [3.63, 3.8) is 0 Å². The van der Waals surface area contributed by atoms with Crippen LogP contribution in [-0.4, -0.2) is 39.4 Å². The lowest BCUT2D eigenvalue weighted by molar-refractivity contribution is -0.119. The number of sulfonamides is 1. The molecule has 0 bridgehead atoms. The molecule has 2 aromatic rings. The van der Waals surface area contributed by atoms with Crippen molar-refractivity contribution >= 4 is 68.2 Å². The zero-order chi connectivity index (χ0) is 21.6. The summed E-state index contributed by atoms with van der Waals surface area (Å²) in [6.45, 7) is -0.168. The Balaban J connectivity index is 1.90. The largest absolute Gasteiger partial charge is 0.354 e. The molecule has 158 valence electrons. The summed E-state index contributed by atoms with van der Waals surface area (Å²) < 4.78 is 38.8. The van der Waals surface area contributed by atoms with Gasteiger partial charge in [-0.3, -0.25) is 9.10 Å². The number of nitrogens with one attached hydrogen (secondary N) is 1. The van der Waals surface area contributed by atoms with Crippen LogP contribution in [0.2, 0.25) is 15.1 Å². The quantitative estimate of drug-likeness (QED) is 0.512. The Morgan fingerprint density at radius 2 is 1.79 bits per heavy atom. The van der Waals surface area contributed by atoms with Crippen LogP contribution in [0.4, 0.5) is 10.1 Å². The Kier molecular flexibility index (Phi) is 8.91. The van der Waals surface area contributed by atoms with E-state index in [4.69, 9.17) is 34.8 Å². The van der Waals surface area contributed by atoms with E-state index in [2.05, 4.69) is 5.32 Å². The van der Waals surface area contributed by atoms with E-state index < -0.39 is 22.5 Å². The van der Waals surface area contributed by atoms with Crippen molar-refractivity contribution in [1.29, 1.82) is 0 Å². The molecule has 0 saturated carbocycles. The lowest BCUT2D eigenvalue weighted by Crippen LogP contribution is -2.41. The number of hydrogen-bond donors (Lipinski definition) is 1. The highest BCUT2D eigenvalue weighted by atomic mass is 35.5. The first kappa shape index (κ1) is 24.1. The first-order valence-electron chi connectivity index (χ1n) is 8.30. The maximum atomic E-state index is 13.7. The number of amides is 1. The van der Waals surface area contributed by atoms with E-state index in [0.717, 1.165) is 10.6 Å². The standard InChI is InChI=1S/C18H18Cl3FN2O3S2/c1-29(26,27)24(16-7-3-5-14(20)18(16)21)10-17(25)23-8-9-28-11-12-13(19)4-2-6-15(12)22/h2-7H,8-11H2,1H3,(H,23,25). The topological polar surface area (TPSA) is 66.5 Å². The summed E-state index contributed by atoms with van der Waals surface area (Å²) >= 11 is 19.4. The molecule has 0 spiro atoms. The van der Waals surface area contributed by atoms with Gasteiger partial charge in [-0.2, -0.15) is 11.8 Å². The van der Waals surface area contributed by atoms with Crippen LogP contribution in [0.25, 0.3) is 0 Å². The zero-order valence-corrected chi connectivity index (χ0v) is 19.2. The van der Waals surface area contributed by atoms with Crippen molar-refractivity contribution in [2.45, 2.75) is 5.75 Å². The molecule has 1 amide bonds. The molecule has 0 radical (unpaired) electrons. The summed E-state index contributed by atoms with van der Waals surface area (Å²) in [5.74, 6) is -0.0328. The second-order valence-corrected chi connectivity index (χ2v) is 10.1. The minimum atomic E-state index is -3.77. The Labute approximate surface area is 188 Å². The van der Waals surface area contributed by atoms with Crippen LogP contribution in [0, 0.1) is 5.82 Å². The fourth-order valence-electron chi connectivity index (χ4n) is 2.36. The summed E-state index contributed by atoms with van der Waals surface area (Å²) in [6, 6.07) is 9.02. The molecule has 0 heterocycles. The van der Waals surface area contributed by atoms with Gasteiger partial charge in [0.15, 0.2) is 0 Å². The molecule has 0 atom stereocenters. The number of halogens is 4. The van der Waals surface area contributed by atoms with Crippen LogP contribution in [0.1, 0.15) is 5.56 Å². The van der Waals surface area contributed by atoms with Gasteiger partial charge in [0, 0.05) is 28.6 Å². The Hall–Kier alpha value is -1.19. The average Bonchev–Trinajstić information content (AvgIpc) is 2.63. The van der Waals surface area contributed by atoms with Gasteiger partial charge in [0.1, 0.15) is 12.4 Å². The molecular weight excluding hydrogens is 482 g/mol. The van der Waals surface area contributed by atoms with Crippen LogP contribution in [0.15, 0.2) is 36.4 Å². The maximum Gasteiger partial charge on any atom is 0.240 e. The van der Waals surface area contributed by atoms with E-state index in [1.807, 2.05) is 0 Å². The average molecular weight is 500 g/mol. The Morgan fingerprint density at radius 3 is 2.45 bits per heavy atom. The van der Waals surface area contributed by atoms with Crippen molar-refractivity contribution in [3.05, 3.63) is 62.8 Å². The maximum absolute atomic E-state index is 13.7. The van der Waals surface area contributed by atoms with Crippen LogP contribution >= 0.6 is 46.6 Å². The summed E-state index contributed by atoms with van der Waals surface area (Å²) in [5.41, 5.74) is 0.532. The highest BCUT2D eigenvalue weighted by Crippen LogP contribution is 2.33. The second kappa shape index (κ2) is 10.7. The number of benzene rings is 2. The van der Waals surface area contributed by atoms with Gasteiger partial charge in [0.25, 0.3) is 0 Å². The van der Waals surface area contributed by atoms with Crippen LogP contribution in [0.5, 0.6) is 0 Å². The van der Waals surface area contributed by atoms with Crippen molar-refractivity contribution < 1.29 is 17.6 Å². The molecule has 11 heteroatoms. The van der Waals surface area contributed by atoms with Crippen molar-refractivity contribution in [1.82, 2.24) is 5.32 Å². The van der Waals surface area contributed by atoms with E-state index in [1.165, 1.54) is 36.0 Å². The summed E-state index contributed by atoms with van der Waals surface area (Å²) in [7, 11) is -3.77. The third-order valence-electron chi connectivity index (χ3n) is 3.76. The third kappa shape index (κ3) is 6.93. The molecule has 0 fully saturated rings. The first-order chi connectivity index (χ1) is 13.6. The van der Waals surface area contributed by atoms with E-state index >= 15 is 0 Å². The normalized spacial score (nSPS) is 11.3. The van der Waals surface area contributed by atoms with Gasteiger partial charge in [-0.1, -0.05) is 46.9 Å². The number of carbonyl (C=O) groups excluding carboxylic acids is 1. The summed E-state index contributed by atoms with van der Waals surface area (Å²) in [6.07, 6.45) is 0.978. The molecular formula is C18H18Cl3FN2O3S2. The minimum Gasteiger partial charge on any atom is -0.354 e. The molecule has 1 N–H and O–H groups in total. The summed E-state index contributed by atoms with van der Waals surface area (Å²) in [5, 5.41) is 3.21.